The SMILES string of the molecule is Cc1ccc(Cn2c(CN3CCN(C(=O)OC(C)(C)C)CC3)nc3ccccc32)cc1. The molecule has 3 aromatic rings. The zero-order valence-electron chi connectivity index (χ0n) is 19.0. The van der Waals surface area contributed by atoms with Crippen molar-refractivity contribution in [3.05, 3.63) is 65.5 Å². The van der Waals surface area contributed by atoms with E-state index in [2.05, 4.69) is 58.9 Å². The van der Waals surface area contributed by atoms with E-state index >= 15 is 0 Å². The lowest BCUT2D eigenvalue weighted by Gasteiger charge is -2.35. The summed E-state index contributed by atoms with van der Waals surface area (Å²) in [4.78, 5) is 21.5. The Hall–Kier alpha value is -2.86. The smallest absolute Gasteiger partial charge is 0.410 e. The van der Waals surface area contributed by atoms with Crippen molar-refractivity contribution in [3.63, 3.8) is 0 Å². The molecule has 2 aromatic carbocycles. The molecule has 0 spiro atoms. The van der Waals surface area contributed by atoms with E-state index in [-0.39, 0.29) is 6.09 Å². The van der Waals surface area contributed by atoms with Crippen LogP contribution >= 0.6 is 0 Å². The molecular formula is C25H32N4O2. The second-order valence-corrected chi connectivity index (χ2v) is 9.33. The lowest BCUT2D eigenvalue weighted by atomic mass is 10.1. The van der Waals surface area contributed by atoms with Gasteiger partial charge < -0.3 is 14.2 Å². The number of aryl methyl sites for hydroxylation is 1. The van der Waals surface area contributed by atoms with Crippen molar-refractivity contribution in [2.24, 2.45) is 0 Å². The Bertz CT molecular complexity index is 1040. The molecule has 6 nitrogen and oxygen atoms in total. The summed E-state index contributed by atoms with van der Waals surface area (Å²) in [6.07, 6.45) is -0.223. The highest BCUT2D eigenvalue weighted by molar-refractivity contribution is 5.76. The van der Waals surface area contributed by atoms with Crippen LogP contribution in [0.4, 0.5) is 4.79 Å². The molecule has 1 aliphatic heterocycles. The molecule has 6 heteroatoms. The van der Waals surface area contributed by atoms with Crippen molar-refractivity contribution in [1.82, 2.24) is 19.4 Å². The summed E-state index contributed by atoms with van der Waals surface area (Å²) in [5, 5.41) is 0. The third-order valence-corrected chi connectivity index (χ3v) is 5.58. The van der Waals surface area contributed by atoms with E-state index in [0.717, 1.165) is 43.0 Å². The number of rotatable bonds is 4. The molecule has 0 unspecified atom stereocenters. The molecule has 1 fully saturated rings. The molecule has 1 aromatic heterocycles. The van der Waals surface area contributed by atoms with Crippen LogP contribution in [0, 0.1) is 6.92 Å². The molecule has 0 atom stereocenters. The second kappa shape index (κ2) is 8.71. The first-order valence-corrected chi connectivity index (χ1v) is 11.0. The van der Waals surface area contributed by atoms with Gasteiger partial charge >= 0.3 is 6.09 Å². The standard InChI is InChI=1S/C25H32N4O2/c1-19-9-11-20(12-10-19)17-29-22-8-6-5-7-21(22)26-23(29)18-27-13-15-28(16-14-27)24(30)31-25(2,3)4/h5-12H,13-18H2,1-4H3. The summed E-state index contributed by atoms with van der Waals surface area (Å²) >= 11 is 0. The van der Waals surface area contributed by atoms with Gasteiger partial charge in [0.05, 0.1) is 17.6 Å². The fourth-order valence-corrected chi connectivity index (χ4v) is 3.91. The van der Waals surface area contributed by atoms with Crippen LogP contribution in [0.15, 0.2) is 48.5 Å². The average molecular weight is 421 g/mol. The number of aromatic nitrogens is 2. The van der Waals surface area contributed by atoms with Crippen LogP contribution in [0.25, 0.3) is 11.0 Å². The number of amides is 1. The fourth-order valence-electron chi connectivity index (χ4n) is 3.91. The third-order valence-electron chi connectivity index (χ3n) is 5.58. The Morgan fingerprint density at radius 1 is 0.968 bits per heavy atom. The summed E-state index contributed by atoms with van der Waals surface area (Å²) in [6.45, 7) is 12.4. The Morgan fingerprint density at radius 3 is 2.32 bits per heavy atom. The number of para-hydroxylation sites is 2. The van der Waals surface area contributed by atoms with Crippen LogP contribution in [0.2, 0.25) is 0 Å². The van der Waals surface area contributed by atoms with E-state index < -0.39 is 5.60 Å². The number of hydrogen-bond acceptors (Lipinski definition) is 4. The maximum absolute atomic E-state index is 12.3. The van der Waals surface area contributed by atoms with Crippen LogP contribution < -0.4 is 0 Å². The molecule has 2 heterocycles. The Kier molecular flexibility index (Phi) is 6.01. The first kappa shape index (κ1) is 21.4. The Morgan fingerprint density at radius 2 is 1.65 bits per heavy atom. The molecule has 1 aliphatic rings. The quantitative estimate of drug-likeness (QED) is 0.626. The van der Waals surface area contributed by atoms with E-state index in [0.29, 0.717) is 13.1 Å². The number of piperazine rings is 1. The number of carbonyl (C=O) groups is 1. The van der Waals surface area contributed by atoms with Crippen LogP contribution in [0.3, 0.4) is 0 Å². The predicted octanol–water partition coefficient (Wildman–Crippen LogP) is 4.45. The van der Waals surface area contributed by atoms with Crippen molar-refractivity contribution < 1.29 is 9.53 Å². The van der Waals surface area contributed by atoms with Crippen LogP contribution in [-0.2, 0) is 17.8 Å². The molecule has 31 heavy (non-hydrogen) atoms. The Labute approximate surface area is 184 Å². The van der Waals surface area contributed by atoms with Crippen molar-refractivity contribution in [1.29, 1.82) is 0 Å². The molecular weight excluding hydrogens is 388 g/mol. The van der Waals surface area contributed by atoms with Crippen molar-refractivity contribution in [2.75, 3.05) is 26.2 Å². The number of benzene rings is 2. The van der Waals surface area contributed by atoms with E-state index in [4.69, 9.17) is 9.72 Å². The van der Waals surface area contributed by atoms with E-state index in [1.54, 1.807) is 4.90 Å². The lowest BCUT2D eigenvalue weighted by molar-refractivity contribution is 0.0136. The third kappa shape index (κ3) is 5.25. The summed E-state index contributed by atoms with van der Waals surface area (Å²) in [7, 11) is 0. The molecule has 4 rings (SSSR count). The number of ether oxygens (including phenoxy) is 1. The number of nitrogens with zero attached hydrogens (tertiary/aromatic N) is 4. The van der Waals surface area contributed by atoms with Gasteiger partial charge in [-0.05, 0) is 45.4 Å². The maximum Gasteiger partial charge on any atom is 0.410 e. The summed E-state index contributed by atoms with van der Waals surface area (Å²) in [5.74, 6) is 1.06. The number of fused-ring (bicyclic) bond motifs is 1. The summed E-state index contributed by atoms with van der Waals surface area (Å²) < 4.78 is 7.84. The molecule has 0 aliphatic carbocycles. The normalized spacial score (nSPS) is 15.4. The summed E-state index contributed by atoms with van der Waals surface area (Å²) in [5.41, 5.74) is 4.25. The van der Waals surface area contributed by atoms with Crippen molar-refractivity contribution >= 4 is 17.1 Å². The minimum atomic E-state index is -0.463. The van der Waals surface area contributed by atoms with Gasteiger partial charge in [-0.15, -0.1) is 0 Å². The van der Waals surface area contributed by atoms with Gasteiger partial charge in [0.1, 0.15) is 11.4 Å². The monoisotopic (exact) mass is 420 g/mol. The number of hydrogen-bond donors (Lipinski definition) is 0. The average Bonchev–Trinajstić information content (AvgIpc) is 3.06. The highest BCUT2D eigenvalue weighted by Crippen LogP contribution is 2.20. The van der Waals surface area contributed by atoms with Gasteiger partial charge in [0.25, 0.3) is 0 Å². The molecule has 1 amide bonds. The van der Waals surface area contributed by atoms with Gasteiger partial charge in [0.2, 0.25) is 0 Å². The zero-order valence-corrected chi connectivity index (χ0v) is 19.0. The number of imidazole rings is 1. The minimum Gasteiger partial charge on any atom is -0.444 e. The highest BCUT2D eigenvalue weighted by atomic mass is 16.6. The lowest BCUT2D eigenvalue weighted by Crippen LogP contribution is -2.49. The predicted molar refractivity (Wildman–Crippen MR) is 123 cm³/mol. The molecule has 0 N–H and O–H groups in total. The van der Waals surface area contributed by atoms with Crippen LogP contribution in [0.1, 0.15) is 37.7 Å². The summed E-state index contributed by atoms with van der Waals surface area (Å²) in [6, 6.07) is 17.0. The molecule has 164 valence electrons. The number of carbonyl (C=O) groups excluding carboxylic acids is 1. The van der Waals surface area contributed by atoms with Gasteiger partial charge in [-0.25, -0.2) is 9.78 Å². The van der Waals surface area contributed by atoms with Crippen molar-refractivity contribution in [3.8, 4) is 0 Å². The fraction of sp³-hybridized carbons (Fsp3) is 0.440. The van der Waals surface area contributed by atoms with Crippen LogP contribution in [-0.4, -0.2) is 57.2 Å². The van der Waals surface area contributed by atoms with E-state index in [1.165, 1.54) is 11.1 Å². The maximum atomic E-state index is 12.3. The first-order valence-electron chi connectivity index (χ1n) is 11.0. The highest BCUT2D eigenvalue weighted by Gasteiger charge is 2.26. The van der Waals surface area contributed by atoms with Gasteiger partial charge in [-0.3, -0.25) is 4.90 Å². The second-order valence-electron chi connectivity index (χ2n) is 9.33. The minimum absolute atomic E-state index is 0.223. The molecule has 0 saturated carbocycles. The topological polar surface area (TPSA) is 50.6 Å². The first-order chi connectivity index (χ1) is 14.8. The van der Waals surface area contributed by atoms with E-state index in [9.17, 15) is 4.79 Å². The van der Waals surface area contributed by atoms with E-state index in [1.807, 2.05) is 26.8 Å². The van der Waals surface area contributed by atoms with Gasteiger partial charge in [0.15, 0.2) is 0 Å². The van der Waals surface area contributed by atoms with Crippen molar-refractivity contribution in [2.45, 2.75) is 46.4 Å². The molecule has 1 saturated heterocycles. The van der Waals surface area contributed by atoms with Gasteiger partial charge in [-0.1, -0.05) is 42.0 Å². The van der Waals surface area contributed by atoms with Gasteiger partial charge in [-0.2, -0.15) is 0 Å². The van der Waals surface area contributed by atoms with Gasteiger partial charge in [0, 0.05) is 32.7 Å². The zero-order chi connectivity index (χ0) is 22.0. The molecule has 0 radical (unpaired) electrons. The largest absolute Gasteiger partial charge is 0.444 e. The Balaban J connectivity index is 1.47. The van der Waals surface area contributed by atoms with Crippen LogP contribution in [0.5, 0.6) is 0 Å². The molecule has 0 bridgehead atoms.